The fourth-order valence-electron chi connectivity index (χ4n) is 0.713. The summed E-state index contributed by atoms with van der Waals surface area (Å²) in [5.74, 6) is 0. The molecule has 0 saturated heterocycles. The van der Waals surface area contributed by atoms with Crippen LogP contribution in [0.5, 0.6) is 0 Å². The molecular weight excluding hydrogens is 128 g/mol. The Bertz CT molecular complexity index is 174. The summed E-state index contributed by atoms with van der Waals surface area (Å²) in [5, 5.41) is 9.17. The molecule has 1 aliphatic rings. The third-order valence-electron chi connectivity index (χ3n) is 1.27. The highest BCUT2D eigenvalue weighted by Gasteiger charge is 2.06. The molecule has 1 rings (SSSR count). The Morgan fingerprint density at radius 1 is 1.80 bits per heavy atom. The molecule has 1 aliphatic heterocycles. The summed E-state index contributed by atoms with van der Waals surface area (Å²) in [4.78, 5) is 5.51. The number of hydrogen-bond acceptors (Lipinski definition) is 3. The maximum atomic E-state index is 9.17. The molecule has 0 fully saturated rings. The van der Waals surface area contributed by atoms with Crippen LogP contribution in [0.15, 0.2) is 29.9 Å². The quantitative estimate of drug-likeness (QED) is 0.559. The van der Waals surface area contributed by atoms with Crippen LogP contribution in [-0.2, 0) is 0 Å². The van der Waals surface area contributed by atoms with E-state index in [4.69, 9.17) is 5.11 Å². The first kappa shape index (κ1) is 7.02. The van der Waals surface area contributed by atoms with Crippen LogP contribution in [0.2, 0.25) is 0 Å². The number of aliphatic hydroxyl groups is 1. The minimum absolute atomic E-state index is 0.617. The van der Waals surface area contributed by atoms with Crippen LogP contribution >= 0.6 is 0 Å². The van der Waals surface area contributed by atoms with Crippen molar-refractivity contribution in [3.63, 3.8) is 0 Å². The molecule has 3 nitrogen and oxygen atoms in total. The van der Waals surface area contributed by atoms with Gasteiger partial charge in [-0.1, -0.05) is 6.58 Å². The number of nitrogens with zero attached hydrogens (tertiary/aromatic N) is 2. The van der Waals surface area contributed by atoms with Crippen molar-refractivity contribution in [1.82, 2.24) is 4.90 Å². The largest absolute Gasteiger partial charge is 0.370 e. The van der Waals surface area contributed by atoms with Crippen molar-refractivity contribution < 1.29 is 5.11 Å². The molecule has 0 radical (unpaired) electrons. The van der Waals surface area contributed by atoms with E-state index in [2.05, 4.69) is 11.6 Å². The van der Waals surface area contributed by atoms with Gasteiger partial charge in [-0.25, -0.2) is 4.99 Å². The molecule has 1 heterocycles. The van der Waals surface area contributed by atoms with E-state index in [1.54, 1.807) is 17.4 Å². The second kappa shape index (κ2) is 3.17. The Kier molecular flexibility index (Phi) is 2.23. The number of aliphatic hydroxyl groups excluding tert-OH is 1. The SMILES string of the molecule is C=CC(O)N1C=NC=CC1. The Morgan fingerprint density at radius 2 is 2.60 bits per heavy atom. The zero-order chi connectivity index (χ0) is 7.40. The van der Waals surface area contributed by atoms with Crippen molar-refractivity contribution in [3.05, 3.63) is 24.9 Å². The highest BCUT2D eigenvalue weighted by Crippen LogP contribution is 1.98. The van der Waals surface area contributed by atoms with Crippen LogP contribution in [0, 0.1) is 0 Å². The highest BCUT2D eigenvalue weighted by atomic mass is 16.3. The summed E-state index contributed by atoms with van der Waals surface area (Å²) in [7, 11) is 0. The maximum absolute atomic E-state index is 9.17. The van der Waals surface area contributed by atoms with Gasteiger partial charge >= 0.3 is 0 Å². The summed E-state index contributed by atoms with van der Waals surface area (Å²) in [6.07, 6.45) is 6.00. The summed E-state index contributed by atoms with van der Waals surface area (Å²) >= 11 is 0. The lowest BCUT2D eigenvalue weighted by Crippen LogP contribution is -2.33. The van der Waals surface area contributed by atoms with Gasteiger partial charge in [0.15, 0.2) is 0 Å². The average Bonchev–Trinajstić information content (AvgIpc) is 2.05. The van der Waals surface area contributed by atoms with Crippen molar-refractivity contribution in [2.24, 2.45) is 4.99 Å². The van der Waals surface area contributed by atoms with Gasteiger partial charge in [0.25, 0.3) is 0 Å². The van der Waals surface area contributed by atoms with Gasteiger partial charge in [-0.05, 0) is 12.2 Å². The first-order valence-corrected chi connectivity index (χ1v) is 3.09. The van der Waals surface area contributed by atoms with Gasteiger partial charge in [-0.3, -0.25) is 0 Å². The summed E-state index contributed by atoms with van der Waals surface area (Å²) < 4.78 is 0. The third kappa shape index (κ3) is 1.45. The Labute approximate surface area is 60.0 Å². The normalized spacial score (nSPS) is 19.1. The van der Waals surface area contributed by atoms with E-state index in [1.165, 1.54) is 6.08 Å². The van der Waals surface area contributed by atoms with Gasteiger partial charge in [0.2, 0.25) is 0 Å². The van der Waals surface area contributed by atoms with Gasteiger partial charge in [0.05, 0.1) is 6.34 Å². The highest BCUT2D eigenvalue weighted by molar-refractivity contribution is 5.58. The number of rotatable bonds is 2. The fraction of sp³-hybridized carbons (Fsp3) is 0.286. The van der Waals surface area contributed by atoms with Crippen LogP contribution in [-0.4, -0.2) is 29.1 Å². The average molecular weight is 138 g/mol. The fourth-order valence-corrected chi connectivity index (χ4v) is 0.713. The number of hydrogen-bond donors (Lipinski definition) is 1. The lowest BCUT2D eigenvalue weighted by atomic mass is 10.4. The molecule has 0 saturated carbocycles. The molecule has 1 atom stereocenters. The lowest BCUT2D eigenvalue weighted by Gasteiger charge is -2.22. The van der Waals surface area contributed by atoms with Gasteiger partial charge in [-0.2, -0.15) is 0 Å². The van der Waals surface area contributed by atoms with Crippen molar-refractivity contribution in [1.29, 1.82) is 0 Å². The second-order valence-electron chi connectivity index (χ2n) is 2.00. The predicted molar refractivity (Wildman–Crippen MR) is 40.5 cm³/mol. The van der Waals surface area contributed by atoms with Crippen LogP contribution < -0.4 is 0 Å². The summed E-state index contributed by atoms with van der Waals surface area (Å²) in [6, 6.07) is 0. The molecule has 0 aromatic carbocycles. The van der Waals surface area contributed by atoms with Crippen LogP contribution in [0.4, 0.5) is 0 Å². The van der Waals surface area contributed by atoms with Crippen molar-refractivity contribution in [2.45, 2.75) is 6.23 Å². The molecule has 0 amide bonds. The molecule has 0 aromatic heterocycles. The number of aliphatic imine (C=N–C) groups is 1. The molecular formula is C7H10N2O. The topological polar surface area (TPSA) is 35.8 Å². The van der Waals surface area contributed by atoms with Crippen molar-refractivity contribution in [3.8, 4) is 0 Å². The Morgan fingerprint density at radius 3 is 3.10 bits per heavy atom. The van der Waals surface area contributed by atoms with E-state index in [-0.39, 0.29) is 0 Å². The van der Waals surface area contributed by atoms with E-state index in [0.29, 0.717) is 6.54 Å². The molecule has 0 aliphatic carbocycles. The minimum atomic E-state index is -0.617. The van der Waals surface area contributed by atoms with Gasteiger partial charge in [0, 0.05) is 12.7 Å². The molecule has 3 heteroatoms. The minimum Gasteiger partial charge on any atom is -0.370 e. The van der Waals surface area contributed by atoms with Gasteiger partial charge in [-0.15, -0.1) is 0 Å². The van der Waals surface area contributed by atoms with Crippen LogP contribution in [0.25, 0.3) is 0 Å². The summed E-state index contributed by atoms with van der Waals surface area (Å²) in [5.41, 5.74) is 0. The van der Waals surface area contributed by atoms with Crippen molar-refractivity contribution >= 4 is 6.34 Å². The second-order valence-corrected chi connectivity index (χ2v) is 2.00. The van der Waals surface area contributed by atoms with Crippen LogP contribution in [0.1, 0.15) is 0 Å². The van der Waals surface area contributed by atoms with Gasteiger partial charge < -0.3 is 10.0 Å². The zero-order valence-corrected chi connectivity index (χ0v) is 5.64. The molecule has 0 aromatic rings. The smallest absolute Gasteiger partial charge is 0.146 e. The lowest BCUT2D eigenvalue weighted by molar-refractivity contribution is 0.108. The van der Waals surface area contributed by atoms with Gasteiger partial charge in [0.1, 0.15) is 6.23 Å². The monoisotopic (exact) mass is 138 g/mol. The van der Waals surface area contributed by atoms with E-state index in [0.717, 1.165) is 0 Å². The standard InChI is InChI=1S/C7H10N2O/c1-2-7(10)9-5-3-4-8-6-9/h2-4,6-7,10H,1,5H2. The van der Waals surface area contributed by atoms with E-state index in [1.807, 2.05) is 6.08 Å². The maximum Gasteiger partial charge on any atom is 0.146 e. The molecule has 1 unspecified atom stereocenters. The first-order valence-electron chi connectivity index (χ1n) is 3.09. The third-order valence-corrected chi connectivity index (χ3v) is 1.27. The van der Waals surface area contributed by atoms with Crippen molar-refractivity contribution in [2.75, 3.05) is 6.54 Å². The first-order chi connectivity index (χ1) is 4.84. The Balaban J connectivity index is 2.50. The zero-order valence-electron chi connectivity index (χ0n) is 5.64. The van der Waals surface area contributed by atoms with E-state index < -0.39 is 6.23 Å². The van der Waals surface area contributed by atoms with Crippen LogP contribution in [0.3, 0.4) is 0 Å². The molecule has 10 heavy (non-hydrogen) atoms. The predicted octanol–water partition coefficient (Wildman–Crippen LogP) is 0.348. The summed E-state index contributed by atoms with van der Waals surface area (Å²) in [6.45, 7) is 4.15. The van der Waals surface area contributed by atoms with E-state index in [9.17, 15) is 0 Å². The molecule has 1 N–H and O–H groups in total. The molecule has 0 spiro atoms. The van der Waals surface area contributed by atoms with E-state index >= 15 is 0 Å². The Hall–Kier alpha value is -1.09. The molecule has 0 bridgehead atoms. The molecule has 54 valence electrons.